The Hall–Kier alpha value is -3.27. The fraction of sp³-hybridized carbons (Fsp3) is 0.0952. The predicted octanol–water partition coefficient (Wildman–Crippen LogP) is 4.76. The van der Waals surface area contributed by atoms with Crippen LogP contribution in [0.5, 0.6) is 0 Å². The number of aliphatic imine (C=N–C) groups is 1. The molecular formula is C21H18N4. The molecule has 122 valence electrons. The molecule has 4 heteroatoms. The molecule has 0 amide bonds. The van der Waals surface area contributed by atoms with Crippen LogP contribution in [0.4, 0.5) is 5.69 Å². The predicted molar refractivity (Wildman–Crippen MR) is 102 cm³/mol. The first-order valence-corrected chi connectivity index (χ1v) is 8.24. The topological polar surface area (TPSA) is 42.5 Å². The van der Waals surface area contributed by atoms with Crippen molar-refractivity contribution < 1.29 is 0 Å². The Morgan fingerprint density at radius 3 is 2.32 bits per heavy atom. The number of hydrogen-bond donors (Lipinski definition) is 0. The Balaban J connectivity index is 1.95. The number of nitrogens with zero attached hydrogens (tertiary/aromatic N) is 4. The van der Waals surface area contributed by atoms with Crippen LogP contribution in [0.1, 0.15) is 17.0 Å². The summed E-state index contributed by atoms with van der Waals surface area (Å²) in [4.78, 5) is 9.43. The van der Waals surface area contributed by atoms with Gasteiger partial charge in [-0.25, -0.2) is 14.5 Å². The van der Waals surface area contributed by atoms with E-state index in [4.69, 9.17) is 10.1 Å². The minimum Gasteiger partial charge on any atom is -0.250 e. The van der Waals surface area contributed by atoms with Crippen molar-refractivity contribution in [2.75, 3.05) is 0 Å². The van der Waals surface area contributed by atoms with E-state index < -0.39 is 0 Å². The van der Waals surface area contributed by atoms with Gasteiger partial charge >= 0.3 is 0 Å². The number of fused-ring (bicyclic) bond motifs is 1. The molecule has 0 aliphatic heterocycles. The van der Waals surface area contributed by atoms with Crippen molar-refractivity contribution in [2.24, 2.45) is 4.99 Å². The molecule has 0 atom stereocenters. The van der Waals surface area contributed by atoms with E-state index in [2.05, 4.69) is 4.98 Å². The van der Waals surface area contributed by atoms with Gasteiger partial charge in [-0.1, -0.05) is 60.7 Å². The van der Waals surface area contributed by atoms with Crippen molar-refractivity contribution in [1.82, 2.24) is 14.6 Å². The van der Waals surface area contributed by atoms with Crippen LogP contribution in [0.3, 0.4) is 0 Å². The van der Waals surface area contributed by atoms with Crippen LogP contribution in [0.25, 0.3) is 16.9 Å². The second kappa shape index (κ2) is 6.32. The number of rotatable bonds is 3. The van der Waals surface area contributed by atoms with E-state index in [1.54, 1.807) is 0 Å². The van der Waals surface area contributed by atoms with Crippen LogP contribution in [-0.2, 0) is 0 Å². The van der Waals surface area contributed by atoms with Gasteiger partial charge in [0.2, 0.25) is 0 Å². The Kier molecular flexibility index (Phi) is 3.86. The molecule has 4 aromatic rings. The zero-order valence-electron chi connectivity index (χ0n) is 14.2. The summed E-state index contributed by atoms with van der Waals surface area (Å²) >= 11 is 0. The van der Waals surface area contributed by atoms with Gasteiger partial charge in [0.15, 0.2) is 5.65 Å². The van der Waals surface area contributed by atoms with Crippen molar-refractivity contribution >= 4 is 17.5 Å². The fourth-order valence-electron chi connectivity index (χ4n) is 2.90. The lowest BCUT2D eigenvalue weighted by Gasteiger charge is -2.00. The van der Waals surface area contributed by atoms with Gasteiger partial charge in [-0.15, -0.1) is 0 Å². The normalized spacial score (nSPS) is 11.4. The van der Waals surface area contributed by atoms with Crippen molar-refractivity contribution in [3.8, 4) is 11.3 Å². The summed E-state index contributed by atoms with van der Waals surface area (Å²) in [5, 5.41) is 4.78. The highest BCUT2D eigenvalue weighted by molar-refractivity contribution is 5.89. The summed E-state index contributed by atoms with van der Waals surface area (Å²) in [6, 6.07) is 22.2. The van der Waals surface area contributed by atoms with Crippen molar-refractivity contribution in [2.45, 2.75) is 13.8 Å². The van der Waals surface area contributed by atoms with Crippen LogP contribution < -0.4 is 0 Å². The van der Waals surface area contributed by atoms with Crippen LogP contribution in [0.2, 0.25) is 0 Å². The highest BCUT2D eigenvalue weighted by Gasteiger charge is 2.16. The maximum Gasteiger partial charge on any atom is 0.182 e. The molecule has 0 aliphatic carbocycles. The first kappa shape index (κ1) is 15.3. The van der Waals surface area contributed by atoms with Crippen molar-refractivity contribution in [3.05, 3.63) is 83.7 Å². The smallest absolute Gasteiger partial charge is 0.182 e. The third kappa shape index (κ3) is 2.94. The standard InChI is InChI=1S/C21H18N4/c1-15-13-16(2)25-21(23-15)20(22-14-17-9-5-3-6-10-17)19(24-25)18-11-7-4-8-12-18/h3-14H,1-2H3. The minimum atomic E-state index is 0.781. The van der Waals surface area contributed by atoms with E-state index in [0.717, 1.165) is 39.5 Å². The number of aryl methyl sites for hydroxylation is 2. The van der Waals surface area contributed by atoms with E-state index in [-0.39, 0.29) is 0 Å². The Morgan fingerprint density at radius 1 is 0.920 bits per heavy atom. The summed E-state index contributed by atoms with van der Waals surface area (Å²) in [5.41, 5.74) is 6.50. The second-order valence-electron chi connectivity index (χ2n) is 6.01. The van der Waals surface area contributed by atoms with Crippen molar-refractivity contribution in [3.63, 3.8) is 0 Å². The first-order valence-electron chi connectivity index (χ1n) is 8.24. The maximum absolute atomic E-state index is 4.78. The Labute approximate surface area is 146 Å². The molecule has 0 radical (unpaired) electrons. The zero-order chi connectivity index (χ0) is 17.2. The maximum atomic E-state index is 4.78. The molecular weight excluding hydrogens is 308 g/mol. The molecule has 2 aromatic heterocycles. The quantitative estimate of drug-likeness (QED) is 0.509. The summed E-state index contributed by atoms with van der Waals surface area (Å²) < 4.78 is 1.87. The van der Waals surface area contributed by atoms with Gasteiger partial charge in [0.05, 0.1) is 0 Å². The van der Waals surface area contributed by atoms with Gasteiger partial charge in [-0.2, -0.15) is 5.10 Å². The van der Waals surface area contributed by atoms with Crippen LogP contribution in [-0.4, -0.2) is 20.8 Å². The number of hydrogen-bond acceptors (Lipinski definition) is 3. The molecule has 0 bridgehead atoms. The summed E-state index contributed by atoms with van der Waals surface area (Å²) in [6.45, 7) is 4.03. The van der Waals surface area contributed by atoms with Gasteiger partial charge in [0.25, 0.3) is 0 Å². The average molecular weight is 326 g/mol. The third-order valence-electron chi connectivity index (χ3n) is 4.06. The summed E-state index contributed by atoms with van der Waals surface area (Å²) in [5.74, 6) is 0. The summed E-state index contributed by atoms with van der Waals surface area (Å²) in [6.07, 6.45) is 1.86. The monoisotopic (exact) mass is 326 g/mol. The van der Waals surface area contributed by atoms with Crippen LogP contribution >= 0.6 is 0 Å². The third-order valence-corrected chi connectivity index (χ3v) is 4.06. The van der Waals surface area contributed by atoms with E-state index in [9.17, 15) is 0 Å². The van der Waals surface area contributed by atoms with Gasteiger partial charge < -0.3 is 0 Å². The molecule has 4 rings (SSSR count). The zero-order valence-corrected chi connectivity index (χ0v) is 14.2. The summed E-state index contributed by atoms with van der Waals surface area (Å²) in [7, 11) is 0. The van der Waals surface area contributed by atoms with E-state index in [1.165, 1.54) is 0 Å². The van der Waals surface area contributed by atoms with E-state index >= 15 is 0 Å². The lowest BCUT2D eigenvalue weighted by molar-refractivity contribution is 0.889. The number of benzene rings is 2. The van der Waals surface area contributed by atoms with Crippen LogP contribution in [0, 0.1) is 13.8 Å². The van der Waals surface area contributed by atoms with Crippen LogP contribution in [0.15, 0.2) is 71.7 Å². The highest BCUT2D eigenvalue weighted by Crippen LogP contribution is 2.33. The molecule has 0 saturated heterocycles. The van der Waals surface area contributed by atoms with Gasteiger partial charge in [0, 0.05) is 23.2 Å². The molecule has 0 aliphatic rings. The Morgan fingerprint density at radius 2 is 1.60 bits per heavy atom. The molecule has 2 heterocycles. The van der Waals surface area contributed by atoms with E-state index in [1.807, 2.05) is 91.3 Å². The minimum absolute atomic E-state index is 0.781. The molecule has 0 fully saturated rings. The molecule has 0 saturated carbocycles. The molecule has 0 N–H and O–H groups in total. The molecule has 2 aromatic carbocycles. The first-order chi connectivity index (χ1) is 12.2. The van der Waals surface area contributed by atoms with Gasteiger partial charge in [-0.05, 0) is 25.5 Å². The SMILES string of the molecule is Cc1cc(C)n2nc(-c3ccccc3)c(N=Cc3ccccc3)c2n1. The van der Waals surface area contributed by atoms with Gasteiger partial charge in [0.1, 0.15) is 11.4 Å². The number of aromatic nitrogens is 3. The van der Waals surface area contributed by atoms with Gasteiger partial charge in [-0.3, -0.25) is 0 Å². The molecule has 0 spiro atoms. The molecule has 4 nitrogen and oxygen atoms in total. The Bertz CT molecular complexity index is 1050. The largest absolute Gasteiger partial charge is 0.250 e. The fourth-order valence-corrected chi connectivity index (χ4v) is 2.90. The highest BCUT2D eigenvalue weighted by atomic mass is 15.3. The molecule has 0 unspecified atom stereocenters. The average Bonchev–Trinajstić information content (AvgIpc) is 3.00. The second-order valence-corrected chi connectivity index (χ2v) is 6.01. The van der Waals surface area contributed by atoms with E-state index in [0.29, 0.717) is 0 Å². The lowest BCUT2D eigenvalue weighted by Crippen LogP contribution is -1.97. The lowest BCUT2D eigenvalue weighted by atomic mass is 10.1. The molecule has 25 heavy (non-hydrogen) atoms. The van der Waals surface area contributed by atoms with Crippen molar-refractivity contribution in [1.29, 1.82) is 0 Å².